The zero-order chi connectivity index (χ0) is 17.7. The third-order valence-electron chi connectivity index (χ3n) is 4.81. The van der Waals surface area contributed by atoms with Crippen molar-refractivity contribution in [3.05, 3.63) is 52.8 Å². The van der Waals surface area contributed by atoms with E-state index in [1.165, 1.54) is 13.2 Å². The van der Waals surface area contributed by atoms with Crippen LogP contribution in [-0.2, 0) is 24.5 Å². The number of aliphatic hydroxyl groups is 1. The second kappa shape index (κ2) is 5.21. The summed E-state index contributed by atoms with van der Waals surface area (Å²) < 4.78 is 15.5. The summed E-state index contributed by atoms with van der Waals surface area (Å²) in [6.45, 7) is 3.41. The van der Waals surface area contributed by atoms with Crippen molar-refractivity contribution in [2.24, 2.45) is 0 Å². The summed E-state index contributed by atoms with van der Waals surface area (Å²) in [5.41, 5.74) is -2.53. The van der Waals surface area contributed by atoms with E-state index >= 15 is 0 Å². The van der Waals surface area contributed by atoms with E-state index in [0.29, 0.717) is 22.6 Å². The lowest BCUT2D eigenvalue weighted by Crippen LogP contribution is -2.60. The predicted molar refractivity (Wildman–Crippen MR) is 84.2 cm³/mol. The quantitative estimate of drug-likeness (QED) is 0.830. The molecule has 0 saturated heterocycles. The molecule has 126 valence electrons. The van der Waals surface area contributed by atoms with E-state index < -0.39 is 23.0 Å². The lowest BCUT2D eigenvalue weighted by atomic mass is 9.61. The monoisotopic (exact) mass is 330 g/mol. The Hall–Kier alpha value is -2.60. The van der Waals surface area contributed by atoms with Crippen LogP contribution in [0.1, 0.15) is 19.4 Å². The lowest BCUT2D eigenvalue weighted by Gasteiger charge is -2.43. The summed E-state index contributed by atoms with van der Waals surface area (Å²) in [7, 11) is 2.35. The second-order valence-electron chi connectivity index (χ2n) is 5.99. The Morgan fingerprint density at radius 3 is 2.46 bits per heavy atom. The van der Waals surface area contributed by atoms with Crippen LogP contribution in [0.5, 0.6) is 5.75 Å². The molecule has 0 amide bonds. The molecule has 1 aromatic rings. The van der Waals surface area contributed by atoms with Gasteiger partial charge in [0.05, 0.1) is 25.2 Å². The summed E-state index contributed by atoms with van der Waals surface area (Å²) in [5, 5.41) is 11.4. The van der Waals surface area contributed by atoms with Gasteiger partial charge in [-0.2, -0.15) is 0 Å². The summed E-state index contributed by atoms with van der Waals surface area (Å²) >= 11 is 0. The molecule has 6 nitrogen and oxygen atoms in total. The first-order valence-corrected chi connectivity index (χ1v) is 7.42. The second-order valence-corrected chi connectivity index (χ2v) is 5.99. The van der Waals surface area contributed by atoms with Crippen molar-refractivity contribution in [2.75, 3.05) is 14.2 Å². The minimum Gasteiger partial charge on any atom is -0.467 e. The molecule has 1 aliphatic carbocycles. The third-order valence-corrected chi connectivity index (χ3v) is 4.81. The van der Waals surface area contributed by atoms with E-state index in [0.717, 1.165) is 7.11 Å². The molecule has 0 aromatic heterocycles. The highest BCUT2D eigenvalue weighted by Crippen LogP contribution is 2.57. The number of carbonyl (C=O) groups excluding carboxylic acids is 2. The molecule has 1 aliphatic heterocycles. The van der Waals surface area contributed by atoms with Gasteiger partial charge in [-0.1, -0.05) is 18.2 Å². The van der Waals surface area contributed by atoms with E-state index in [2.05, 4.69) is 0 Å². The molecule has 0 bridgehead atoms. The van der Waals surface area contributed by atoms with Gasteiger partial charge in [0.1, 0.15) is 11.5 Å². The highest BCUT2D eigenvalue weighted by molar-refractivity contribution is 6.03. The van der Waals surface area contributed by atoms with Gasteiger partial charge >= 0.3 is 11.9 Å². The van der Waals surface area contributed by atoms with Gasteiger partial charge < -0.3 is 19.3 Å². The summed E-state index contributed by atoms with van der Waals surface area (Å²) in [6, 6.07) is 7.07. The number of carbonyl (C=O) groups is 2. The van der Waals surface area contributed by atoms with Crippen molar-refractivity contribution in [2.45, 2.75) is 24.9 Å². The Morgan fingerprint density at radius 2 is 1.83 bits per heavy atom. The molecule has 0 spiro atoms. The zero-order valence-electron chi connectivity index (χ0n) is 13.9. The molecule has 1 aromatic carbocycles. The van der Waals surface area contributed by atoms with Gasteiger partial charge in [-0.3, -0.25) is 0 Å². The predicted octanol–water partition coefficient (Wildman–Crippen LogP) is 1.63. The van der Waals surface area contributed by atoms with Crippen LogP contribution in [0.2, 0.25) is 0 Å². The molecular formula is C18H18O6. The minimum atomic E-state index is -2.27. The normalized spacial score (nSPS) is 27.6. The number of allylic oxidation sites excluding steroid dienone is 2. The number of esters is 2. The average molecular weight is 330 g/mol. The van der Waals surface area contributed by atoms with Gasteiger partial charge in [-0.15, -0.1) is 0 Å². The maximum atomic E-state index is 12.6. The fourth-order valence-electron chi connectivity index (χ4n) is 3.57. The van der Waals surface area contributed by atoms with Gasteiger partial charge in [-0.05, 0) is 31.6 Å². The van der Waals surface area contributed by atoms with Crippen molar-refractivity contribution in [3.63, 3.8) is 0 Å². The van der Waals surface area contributed by atoms with Crippen molar-refractivity contribution in [1.29, 1.82) is 0 Å². The van der Waals surface area contributed by atoms with E-state index in [1.807, 2.05) is 0 Å². The standard InChI is InChI=1S/C18H18O6/c1-10-9-12(15(19)22-3)18(21,16(20)23-4)17(2)11-7-5-6-8-13(11)24-14(10)17/h5-9,21H,1-4H3. The van der Waals surface area contributed by atoms with E-state index in [4.69, 9.17) is 14.2 Å². The Labute approximate surface area is 139 Å². The van der Waals surface area contributed by atoms with Crippen molar-refractivity contribution in [3.8, 4) is 5.75 Å². The van der Waals surface area contributed by atoms with E-state index in [-0.39, 0.29) is 5.57 Å². The first-order valence-electron chi connectivity index (χ1n) is 7.42. The van der Waals surface area contributed by atoms with Gasteiger partial charge in [-0.25, -0.2) is 9.59 Å². The van der Waals surface area contributed by atoms with Crippen molar-refractivity contribution >= 4 is 11.9 Å². The molecular weight excluding hydrogens is 312 g/mol. The van der Waals surface area contributed by atoms with Crippen LogP contribution >= 0.6 is 0 Å². The molecule has 2 atom stereocenters. The number of benzene rings is 1. The summed E-state index contributed by atoms with van der Waals surface area (Å²) in [4.78, 5) is 24.9. The van der Waals surface area contributed by atoms with E-state index in [1.54, 1.807) is 38.1 Å². The highest BCUT2D eigenvalue weighted by atomic mass is 16.5. The number of ether oxygens (including phenoxy) is 3. The van der Waals surface area contributed by atoms with Gasteiger partial charge in [0.15, 0.2) is 0 Å². The molecule has 3 rings (SSSR count). The van der Waals surface area contributed by atoms with E-state index in [9.17, 15) is 14.7 Å². The number of hydrogen-bond acceptors (Lipinski definition) is 6. The van der Waals surface area contributed by atoms with Gasteiger partial charge in [0, 0.05) is 5.56 Å². The summed E-state index contributed by atoms with van der Waals surface area (Å²) in [6.07, 6.45) is 1.41. The Balaban J connectivity index is 2.37. The molecule has 2 unspecified atom stereocenters. The van der Waals surface area contributed by atoms with Crippen LogP contribution in [0.15, 0.2) is 47.2 Å². The molecule has 0 fully saturated rings. The smallest absolute Gasteiger partial charge is 0.344 e. The Bertz CT molecular complexity index is 805. The molecule has 1 N–H and O–H groups in total. The molecule has 1 heterocycles. The average Bonchev–Trinajstić information content (AvgIpc) is 2.92. The first kappa shape index (κ1) is 16.3. The van der Waals surface area contributed by atoms with Crippen LogP contribution < -0.4 is 4.74 Å². The van der Waals surface area contributed by atoms with Crippen molar-refractivity contribution in [1.82, 2.24) is 0 Å². The Kier molecular flexibility index (Phi) is 3.53. The lowest BCUT2D eigenvalue weighted by molar-refractivity contribution is -0.167. The summed E-state index contributed by atoms with van der Waals surface area (Å²) in [5.74, 6) is -0.820. The molecule has 6 heteroatoms. The first-order chi connectivity index (χ1) is 11.3. The number of fused-ring (bicyclic) bond motifs is 3. The zero-order valence-corrected chi connectivity index (χ0v) is 13.9. The van der Waals surface area contributed by atoms with Crippen LogP contribution in [0.25, 0.3) is 0 Å². The highest BCUT2D eigenvalue weighted by Gasteiger charge is 2.66. The molecule has 24 heavy (non-hydrogen) atoms. The number of para-hydroxylation sites is 1. The maximum Gasteiger partial charge on any atom is 0.344 e. The van der Waals surface area contributed by atoms with Gasteiger partial charge in [0.2, 0.25) is 5.60 Å². The molecule has 0 radical (unpaired) electrons. The van der Waals surface area contributed by atoms with Gasteiger partial charge in [0.25, 0.3) is 0 Å². The molecule has 2 aliphatic rings. The Morgan fingerprint density at radius 1 is 1.17 bits per heavy atom. The largest absolute Gasteiger partial charge is 0.467 e. The number of hydrogen-bond donors (Lipinski definition) is 1. The third kappa shape index (κ3) is 1.74. The SMILES string of the molecule is COC(=O)C1=CC(C)=C2Oc3ccccc3C2(C)C1(O)C(=O)OC. The number of rotatable bonds is 2. The topological polar surface area (TPSA) is 82.1 Å². The van der Waals surface area contributed by atoms with Crippen LogP contribution in [-0.4, -0.2) is 36.9 Å². The van der Waals surface area contributed by atoms with Crippen LogP contribution in [0, 0.1) is 0 Å². The number of methoxy groups -OCH3 is 2. The fraction of sp³-hybridized carbons (Fsp3) is 0.333. The minimum absolute atomic E-state index is 0.180. The van der Waals surface area contributed by atoms with Crippen molar-refractivity contribution < 1.29 is 28.9 Å². The maximum absolute atomic E-state index is 12.6. The fourth-order valence-corrected chi connectivity index (χ4v) is 3.57. The van der Waals surface area contributed by atoms with Crippen LogP contribution in [0.3, 0.4) is 0 Å². The van der Waals surface area contributed by atoms with Crippen LogP contribution in [0.4, 0.5) is 0 Å². The molecule has 0 saturated carbocycles.